The van der Waals surface area contributed by atoms with Crippen LogP contribution in [0.3, 0.4) is 0 Å². The number of ether oxygens (including phenoxy) is 1. The van der Waals surface area contributed by atoms with Crippen LogP contribution in [0.25, 0.3) is 21.7 Å². The molecule has 0 aliphatic heterocycles. The van der Waals surface area contributed by atoms with Crippen molar-refractivity contribution in [2.24, 2.45) is 0 Å². The van der Waals surface area contributed by atoms with Gasteiger partial charge in [-0.15, -0.1) is 11.3 Å². The summed E-state index contributed by atoms with van der Waals surface area (Å²) in [5.41, 5.74) is 0.894. The summed E-state index contributed by atoms with van der Waals surface area (Å²) in [6.45, 7) is 3.39. The molecule has 3 rings (SSSR count). The fourth-order valence-corrected chi connectivity index (χ4v) is 3.60. The second-order valence-electron chi connectivity index (χ2n) is 6.08. The molecule has 1 amide bonds. The Balaban J connectivity index is 1.94. The molecule has 0 spiro atoms. The van der Waals surface area contributed by atoms with Gasteiger partial charge >= 0.3 is 0 Å². The van der Waals surface area contributed by atoms with Crippen molar-refractivity contribution in [2.45, 2.75) is 13.3 Å². The highest BCUT2D eigenvalue weighted by molar-refractivity contribution is 7.17. The number of carbonyl (C=O) groups is 1. The molecule has 0 saturated carbocycles. The topological polar surface area (TPSA) is 108 Å². The van der Waals surface area contributed by atoms with Gasteiger partial charge in [-0.2, -0.15) is 0 Å². The largest absolute Gasteiger partial charge is 0.395 e. The Labute approximate surface area is 165 Å². The first-order valence-corrected chi connectivity index (χ1v) is 9.94. The number of pyridine rings is 1. The van der Waals surface area contributed by atoms with Crippen LogP contribution >= 0.6 is 11.3 Å². The summed E-state index contributed by atoms with van der Waals surface area (Å²) in [6.07, 6.45) is 2.50. The zero-order valence-electron chi connectivity index (χ0n) is 15.6. The van der Waals surface area contributed by atoms with Crippen LogP contribution in [-0.2, 0) is 4.74 Å². The lowest BCUT2D eigenvalue weighted by molar-refractivity contribution is 0.0604. The van der Waals surface area contributed by atoms with Crippen LogP contribution in [0.1, 0.15) is 23.7 Å². The predicted molar refractivity (Wildman–Crippen MR) is 108 cm³/mol. The lowest BCUT2D eigenvalue weighted by atomic mass is 10.2. The standard InChI is InChI=1S/C19H22N4O4S/c1-2-10-27-11-8-23(7-9-24)19(26)13-12-28-16-15(13)21-17(22-18(16)25)14-5-3-4-6-20-14/h3-6,12,24H,2,7-11H2,1H3,(H,21,22,25). The molecule has 0 aromatic carbocycles. The molecule has 0 fully saturated rings. The SMILES string of the molecule is CCCOCCN(CCO)C(=O)c1csc2c(=O)[nH]c(-c3ccccn3)nc12. The second kappa shape index (κ2) is 9.54. The van der Waals surface area contributed by atoms with Crippen molar-refractivity contribution >= 4 is 27.5 Å². The number of hydrogen-bond acceptors (Lipinski definition) is 7. The van der Waals surface area contributed by atoms with E-state index < -0.39 is 0 Å². The highest BCUT2D eigenvalue weighted by atomic mass is 32.1. The Morgan fingerprint density at radius 1 is 1.32 bits per heavy atom. The fraction of sp³-hybridized carbons (Fsp3) is 0.368. The maximum Gasteiger partial charge on any atom is 0.269 e. The molecule has 3 heterocycles. The Morgan fingerprint density at radius 2 is 2.18 bits per heavy atom. The van der Waals surface area contributed by atoms with Crippen molar-refractivity contribution in [3.63, 3.8) is 0 Å². The summed E-state index contributed by atoms with van der Waals surface area (Å²) in [7, 11) is 0. The number of fused-ring (bicyclic) bond motifs is 1. The van der Waals surface area contributed by atoms with Gasteiger partial charge in [-0.3, -0.25) is 14.6 Å². The van der Waals surface area contributed by atoms with Gasteiger partial charge in [0.2, 0.25) is 0 Å². The first kappa shape index (κ1) is 20.1. The van der Waals surface area contributed by atoms with E-state index >= 15 is 0 Å². The zero-order chi connectivity index (χ0) is 19.9. The van der Waals surface area contributed by atoms with Crippen molar-refractivity contribution in [1.82, 2.24) is 19.9 Å². The normalized spacial score (nSPS) is 11.1. The molecule has 8 nitrogen and oxygen atoms in total. The van der Waals surface area contributed by atoms with Crippen LogP contribution in [0.5, 0.6) is 0 Å². The number of rotatable bonds is 9. The molecule has 0 aliphatic carbocycles. The lowest BCUT2D eigenvalue weighted by Crippen LogP contribution is -2.36. The number of H-pyrrole nitrogens is 1. The van der Waals surface area contributed by atoms with Gasteiger partial charge in [-0.05, 0) is 18.6 Å². The van der Waals surface area contributed by atoms with E-state index in [0.29, 0.717) is 47.1 Å². The van der Waals surface area contributed by atoms with E-state index in [2.05, 4.69) is 15.0 Å². The van der Waals surface area contributed by atoms with Crippen LogP contribution in [0.15, 0.2) is 34.6 Å². The third-order valence-corrected chi connectivity index (χ3v) is 5.04. The smallest absolute Gasteiger partial charge is 0.269 e. The number of aromatic amines is 1. The van der Waals surface area contributed by atoms with E-state index in [9.17, 15) is 14.7 Å². The van der Waals surface area contributed by atoms with Crippen LogP contribution in [0.2, 0.25) is 0 Å². The number of nitrogens with zero attached hydrogens (tertiary/aromatic N) is 3. The van der Waals surface area contributed by atoms with Gasteiger partial charge in [0, 0.05) is 31.3 Å². The van der Waals surface area contributed by atoms with Crippen LogP contribution in [-0.4, -0.2) is 63.8 Å². The number of nitrogens with one attached hydrogen (secondary N) is 1. The number of aliphatic hydroxyl groups excluding tert-OH is 1. The molecule has 0 atom stereocenters. The molecule has 3 aromatic heterocycles. The number of amides is 1. The van der Waals surface area contributed by atoms with Crippen molar-refractivity contribution in [2.75, 3.05) is 32.9 Å². The molecular formula is C19H22N4O4S. The van der Waals surface area contributed by atoms with Crippen molar-refractivity contribution in [1.29, 1.82) is 0 Å². The quantitative estimate of drug-likeness (QED) is 0.529. The number of thiophene rings is 1. The molecule has 2 N–H and O–H groups in total. The Kier molecular flexibility index (Phi) is 6.85. The predicted octanol–water partition coefficient (Wildman–Crippen LogP) is 1.91. The molecule has 28 heavy (non-hydrogen) atoms. The minimum Gasteiger partial charge on any atom is -0.395 e. The van der Waals surface area contributed by atoms with Crippen LogP contribution in [0, 0.1) is 0 Å². The minimum absolute atomic E-state index is 0.158. The molecule has 0 aliphatic rings. The van der Waals surface area contributed by atoms with Crippen molar-refractivity contribution < 1.29 is 14.6 Å². The molecular weight excluding hydrogens is 380 g/mol. The highest BCUT2D eigenvalue weighted by Crippen LogP contribution is 2.24. The zero-order valence-corrected chi connectivity index (χ0v) is 16.4. The van der Waals surface area contributed by atoms with E-state index in [1.807, 2.05) is 6.92 Å². The molecule has 0 bridgehead atoms. The first-order valence-electron chi connectivity index (χ1n) is 9.06. The number of hydrogen-bond donors (Lipinski definition) is 2. The van der Waals surface area contributed by atoms with Gasteiger partial charge in [-0.1, -0.05) is 13.0 Å². The molecule has 0 saturated heterocycles. The highest BCUT2D eigenvalue weighted by Gasteiger charge is 2.22. The summed E-state index contributed by atoms with van der Waals surface area (Å²) < 4.78 is 5.84. The van der Waals surface area contributed by atoms with Gasteiger partial charge < -0.3 is 19.7 Å². The maximum absolute atomic E-state index is 13.0. The first-order chi connectivity index (χ1) is 13.7. The van der Waals surface area contributed by atoms with E-state index in [1.54, 1.807) is 29.8 Å². The van der Waals surface area contributed by atoms with E-state index in [4.69, 9.17) is 4.74 Å². The van der Waals surface area contributed by atoms with Crippen molar-refractivity contribution in [3.05, 3.63) is 45.7 Å². The molecule has 3 aromatic rings. The number of aromatic nitrogens is 3. The Bertz CT molecular complexity index is 987. The summed E-state index contributed by atoms with van der Waals surface area (Å²) in [5, 5.41) is 11.0. The van der Waals surface area contributed by atoms with E-state index in [1.165, 1.54) is 16.2 Å². The summed E-state index contributed by atoms with van der Waals surface area (Å²) >= 11 is 1.17. The lowest BCUT2D eigenvalue weighted by Gasteiger charge is -2.21. The number of aliphatic hydroxyl groups is 1. The summed E-state index contributed by atoms with van der Waals surface area (Å²) in [4.78, 5) is 38.4. The molecule has 0 radical (unpaired) electrons. The third-order valence-electron chi connectivity index (χ3n) is 4.08. The summed E-state index contributed by atoms with van der Waals surface area (Å²) in [5.74, 6) is 0.0241. The Morgan fingerprint density at radius 3 is 2.89 bits per heavy atom. The molecule has 148 valence electrons. The van der Waals surface area contributed by atoms with E-state index in [-0.39, 0.29) is 24.6 Å². The van der Waals surface area contributed by atoms with Gasteiger partial charge in [0.15, 0.2) is 5.82 Å². The molecule has 9 heteroatoms. The second-order valence-corrected chi connectivity index (χ2v) is 6.96. The Hall–Kier alpha value is -2.62. The number of carbonyl (C=O) groups excluding carboxylic acids is 1. The van der Waals surface area contributed by atoms with Gasteiger partial charge in [0.25, 0.3) is 11.5 Å². The minimum atomic E-state index is -0.310. The molecule has 0 unspecified atom stereocenters. The maximum atomic E-state index is 13.0. The average molecular weight is 402 g/mol. The monoisotopic (exact) mass is 402 g/mol. The van der Waals surface area contributed by atoms with Crippen molar-refractivity contribution in [3.8, 4) is 11.5 Å². The van der Waals surface area contributed by atoms with Crippen LogP contribution < -0.4 is 5.56 Å². The average Bonchev–Trinajstić information content (AvgIpc) is 3.15. The fourth-order valence-electron chi connectivity index (χ4n) is 2.73. The van der Waals surface area contributed by atoms with Gasteiger partial charge in [-0.25, -0.2) is 4.98 Å². The van der Waals surface area contributed by atoms with Crippen LogP contribution in [0.4, 0.5) is 0 Å². The van der Waals surface area contributed by atoms with Gasteiger partial charge in [0.1, 0.15) is 15.9 Å². The summed E-state index contributed by atoms with van der Waals surface area (Å²) in [6, 6.07) is 5.31. The third kappa shape index (κ3) is 4.44. The van der Waals surface area contributed by atoms with Gasteiger partial charge in [0.05, 0.1) is 18.8 Å². The van der Waals surface area contributed by atoms with E-state index in [0.717, 1.165) is 6.42 Å².